The monoisotopic (exact) mass is 238 g/mol. The van der Waals surface area contributed by atoms with Crippen LogP contribution in [0, 0.1) is 0 Å². The van der Waals surface area contributed by atoms with Crippen molar-refractivity contribution in [2.45, 2.75) is 6.42 Å². The van der Waals surface area contributed by atoms with E-state index < -0.39 is 5.97 Å². The van der Waals surface area contributed by atoms with Crippen molar-refractivity contribution in [1.29, 1.82) is 0 Å². The normalized spacial score (nSPS) is 10.6. The molecule has 0 radical (unpaired) electrons. The van der Waals surface area contributed by atoms with Gasteiger partial charge in [0.25, 0.3) is 0 Å². The molecule has 92 valence electrons. The zero-order valence-corrected chi connectivity index (χ0v) is 9.17. The van der Waals surface area contributed by atoms with Gasteiger partial charge in [-0.05, 0) is 23.8 Å². The van der Waals surface area contributed by atoms with E-state index in [9.17, 15) is 9.90 Å². The van der Waals surface area contributed by atoms with Gasteiger partial charge in [0.05, 0.1) is 6.61 Å². The zero-order valence-electron chi connectivity index (χ0n) is 9.17. The standard InChI is InChI=1S/C12H14O5/c13-6-1-7-17-11-8-9(2-4-10(11)14)3-5-12(15)16/h2-5,8,13-14H,1,6-7H2,(H,15,16)/b5-3+. The summed E-state index contributed by atoms with van der Waals surface area (Å²) in [5, 5.41) is 26.6. The molecule has 0 atom stereocenters. The molecular weight excluding hydrogens is 224 g/mol. The maximum absolute atomic E-state index is 10.3. The smallest absolute Gasteiger partial charge is 0.328 e. The third-order valence-corrected chi connectivity index (χ3v) is 1.96. The van der Waals surface area contributed by atoms with Crippen molar-refractivity contribution in [3.05, 3.63) is 29.8 Å². The van der Waals surface area contributed by atoms with Gasteiger partial charge in [0.2, 0.25) is 0 Å². The van der Waals surface area contributed by atoms with E-state index in [0.717, 1.165) is 6.08 Å². The number of ether oxygens (including phenoxy) is 1. The summed E-state index contributed by atoms with van der Waals surface area (Å²) >= 11 is 0. The number of hydrogen-bond donors (Lipinski definition) is 3. The first-order valence-corrected chi connectivity index (χ1v) is 5.11. The molecule has 5 heteroatoms. The van der Waals surface area contributed by atoms with Crippen molar-refractivity contribution in [3.8, 4) is 11.5 Å². The van der Waals surface area contributed by atoms with Crippen LogP contribution in [0.25, 0.3) is 6.08 Å². The molecule has 0 aliphatic carbocycles. The Hall–Kier alpha value is -2.01. The Balaban J connectivity index is 2.75. The number of aliphatic hydroxyl groups is 1. The Morgan fingerprint density at radius 2 is 2.18 bits per heavy atom. The Kier molecular flexibility index (Phi) is 5.03. The molecule has 1 aromatic carbocycles. The first kappa shape index (κ1) is 13.1. The number of rotatable bonds is 6. The molecule has 0 amide bonds. The second kappa shape index (κ2) is 6.55. The Bertz CT molecular complexity index is 411. The van der Waals surface area contributed by atoms with Crippen LogP contribution in [-0.2, 0) is 4.79 Å². The molecule has 0 spiro atoms. The molecule has 3 N–H and O–H groups in total. The first-order valence-electron chi connectivity index (χ1n) is 5.11. The number of phenols is 1. The maximum atomic E-state index is 10.3. The van der Waals surface area contributed by atoms with Crippen LogP contribution < -0.4 is 4.74 Å². The summed E-state index contributed by atoms with van der Waals surface area (Å²) in [7, 11) is 0. The molecule has 5 nitrogen and oxygen atoms in total. The predicted octanol–water partition coefficient (Wildman–Crippen LogP) is 1.25. The number of benzene rings is 1. The molecule has 1 aromatic rings. The fourth-order valence-corrected chi connectivity index (χ4v) is 1.16. The van der Waals surface area contributed by atoms with Crippen LogP contribution in [0.4, 0.5) is 0 Å². The highest BCUT2D eigenvalue weighted by Gasteiger charge is 2.02. The second-order valence-corrected chi connectivity index (χ2v) is 3.32. The molecular formula is C12H14O5. The highest BCUT2D eigenvalue weighted by molar-refractivity contribution is 5.85. The number of carbonyl (C=O) groups is 1. The summed E-state index contributed by atoms with van der Waals surface area (Å²) in [6.07, 6.45) is 2.87. The van der Waals surface area contributed by atoms with E-state index in [1.54, 1.807) is 6.07 Å². The molecule has 0 fully saturated rings. The first-order chi connectivity index (χ1) is 8.13. The predicted molar refractivity (Wildman–Crippen MR) is 62.0 cm³/mol. The SMILES string of the molecule is O=C(O)/C=C/c1ccc(O)c(OCCCO)c1. The second-order valence-electron chi connectivity index (χ2n) is 3.32. The zero-order chi connectivity index (χ0) is 12.7. The topological polar surface area (TPSA) is 87.0 Å². The van der Waals surface area contributed by atoms with Crippen LogP contribution in [0.5, 0.6) is 11.5 Å². The summed E-state index contributed by atoms with van der Waals surface area (Å²) < 4.78 is 5.23. The van der Waals surface area contributed by atoms with Gasteiger partial charge in [0.1, 0.15) is 0 Å². The van der Waals surface area contributed by atoms with Crippen molar-refractivity contribution < 1.29 is 24.9 Å². The molecule has 0 heterocycles. The molecule has 0 saturated heterocycles. The van der Waals surface area contributed by atoms with Crippen molar-refractivity contribution in [3.63, 3.8) is 0 Å². The lowest BCUT2D eigenvalue weighted by molar-refractivity contribution is -0.131. The quantitative estimate of drug-likeness (QED) is 0.513. The average Bonchev–Trinajstić information content (AvgIpc) is 2.30. The fourth-order valence-electron chi connectivity index (χ4n) is 1.16. The third-order valence-electron chi connectivity index (χ3n) is 1.96. The van der Waals surface area contributed by atoms with Crippen LogP contribution in [-0.4, -0.2) is 34.5 Å². The molecule has 1 rings (SSSR count). The summed E-state index contributed by atoms with van der Waals surface area (Å²) in [4.78, 5) is 10.3. The molecule has 0 bridgehead atoms. The number of aliphatic carboxylic acids is 1. The summed E-state index contributed by atoms with van der Waals surface area (Å²) in [6.45, 7) is 0.301. The van der Waals surface area contributed by atoms with Crippen molar-refractivity contribution in [1.82, 2.24) is 0 Å². The van der Waals surface area contributed by atoms with Gasteiger partial charge in [-0.2, -0.15) is 0 Å². The van der Waals surface area contributed by atoms with Gasteiger partial charge in [-0.25, -0.2) is 4.79 Å². The molecule has 0 aromatic heterocycles. The molecule has 0 aliphatic rings. The number of carboxylic acids is 1. The summed E-state index contributed by atoms with van der Waals surface area (Å²) in [5.74, 6) is -0.790. The largest absolute Gasteiger partial charge is 0.504 e. The van der Waals surface area contributed by atoms with Crippen LogP contribution >= 0.6 is 0 Å². The van der Waals surface area contributed by atoms with Crippen LogP contribution in [0.1, 0.15) is 12.0 Å². The molecule has 0 unspecified atom stereocenters. The number of aromatic hydroxyl groups is 1. The highest BCUT2D eigenvalue weighted by atomic mass is 16.5. The van der Waals surface area contributed by atoms with E-state index in [4.69, 9.17) is 14.9 Å². The molecule has 0 saturated carbocycles. The van der Waals surface area contributed by atoms with E-state index in [1.807, 2.05) is 0 Å². The maximum Gasteiger partial charge on any atom is 0.328 e. The van der Waals surface area contributed by atoms with E-state index >= 15 is 0 Å². The van der Waals surface area contributed by atoms with Crippen LogP contribution in [0.2, 0.25) is 0 Å². The summed E-state index contributed by atoms with van der Waals surface area (Å²) in [5.41, 5.74) is 0.615. The lowest BCUT2D eigenvalue weighted by Gasteiger charge is -2.07. The van der Waals surface area contributed by atoms with Crippen molar-refractivity contribution in [2.75, 3.05) is 13.2 Å². The number of hydrogen-bond acceptors (Lipinski definition) is 4. The van der Waals surface area contributed by atoms with E-state index in [0.29, 0.717) is 12.0 Å². The third kappa shape index (κ3) is 4.56. The average molecular weight is 238 g/mol. The highest BCUT2D eigenvalue weighted by Crippen LogP contribution is 2.27. The van der Waals surface area contributed by atoms with E-state index in [2.05, 4.69) is 0 Å². The fraction of sp³-hybridized carbons (Fsp3) is 0.250. The van der Waals surface area contributed by atoms with Gasteiger partial charge < -0.3 is 20.1 Å². The van der Waals surface area contributed by atoms with Gasteiger partial charge in [-0.15, -0.1) is 0 Å². The lowest BCUT2D eigenvalue weighted by Crippen LogP contribution is -2.00. The van der Waals surface area contributed by atoms with Crippen molar-refractivity contribution in [2.24, 2.45) is 0 Å². The molecule has 17 heavy (non-hydrogen) atoms. The Morgan fingerprint density at radius 3 is 2.82 bits per heavy atom. The van der Waals surface area contributed by atoms with E-state index in [-0.39, 0.29) is 24.7 Å². The number of carboxylic acid groups (broad SMARTS) is 1. The van der Waals surface area contributed by atoms with Crippen LogP contribution in [0.15, 0.2) is 24.3 Å². The lowest BCUT2D eigenvalue weighted by atomic mass is 10.2. The van der Waals surface area contributed by atoms with Gasteiger partial charge in [0, 0.05) is 19.1 Å². The van der Waals surface area contributed by atoms with Gasteiger partial charge >= 0.3 is 5.97 Å². The Labute approximate surface area is 98.6 Å². The minimum absolute atomic E-state index is 0.0133. The van der Waals surface area contributed by atoms with Gasteiger partial charge in [-0.3, -0.25) is 0 Å². The molecule has 0 aliphatic heterocycles. The number of aliphatic hydroxyl groups excluding tert-OH is 1. The van der Waals surface area contributed by atoms with Crippen molar-refractivity contribution >= 4 is 12.0 Å². The number of phenolic OH excluding ortho intramolecular Hbond substituents is 1. The van der Waals surface area contributed by atoms with Crippen LogP contribution in [0.3, 0.4) is 0 Å². The van der Waals surface area contributed by atoms with Gasteiger partial charge in [-0.1, -0.05) is 6.07 Å². The summed E-state index contributed by atoms with van der Waals surface area (Å²) in [6, 6.07) is 4.54. The van der Waals surface area contributed by atoms with Gasteiger partial charge in [0.15, 0.2) is 11.5 Å². The minimum Gasteiger partial charge on any atom is -0.504 e. The Morgan fingerprint density at radius 1 is 1.41 bits per heavy atom. The minimum atomic E-state index is -1.04. The van der Waals surface area contributed by atoms with E-state index in [1.165, 1.54) is 18.2 Å².